The molecule has 0 unspecified atom stereocenters. The molecule has 5 heteroatoms. The Morgan fingerprint density at radius 2 is 1.60 bits per heavy atom. The van der Waals surface area contributed by atoms with E-state index in [9.17, 15) is 8.42 Å². The van der Waals surface area contributed by atoms with Gasteiger partial charge in [-0.1, -0.05) is 60.7 Å². The van der Waals surface area contributed by atoms with Crippen LogP contribution in [-0.2, 0) is 16.4 Å². The minimum atomic E-state index is -3.55. The molecule has 3 rings (SSSR count). The lowest BCUT2D eigenvalue weighted by molar-refractivity contribution is 0.603. The second-order valence-corrected chi connectivity index (χ2v) is 7.90. The molecule has 0 amide bonds. The van der Waals surface area contributed by atoms with Crippen LogP contribution in [-0.4, -0.2) is 20.3 Å². The maximum atomic E-state index is 12.5. The summed E-state index contributed by atoms with van der Waals surface area (Å²) in [7, 11) is -3.55. The van der Waals surface area contributed by atoms with Crippen molar-refractivity contribution < 1.29 is 8.42 Å². The maximum Gasteiger partial charge on any atom is 0.264 e. The predicted octanol–water partition coefficient (Wildman–Crippen LogP) is 3.77. The Bertz CT molecular complexity index is 901. The fourth-order valence-electron chi connectivity index (χ4n) is 2.95. The van der Waals surface area contributed by atoms with Gasteiger partial charge in [-0.2, -0.15) is 0 Å². The molecule has 1 aliphatic heterocycles. The third-order valence-electron chi connectivity index (χ3n) is 4.27. The van der Waals surface area contributed by atoms with Crippen molar-refractivity contribution in [2.45, 2.75) is 32.7 Å². The molecule has 1 atom stereocenters. The van der Waals surface area contributed by atoms with Gasteiger partial charge in [0, 0.05) is 11.6 Å². The van der Waals surface area contributed by atoms with Crippen LogP contribution in [0, 0.1) is 0 Å². The van der Waals surface area contributed by atoms with Gasteiger partial charge in [-0.05, 0) is 37.8 Å². The quantitative estimate of drug-likeness (QED) is 0.888. The fraction of sp³-hybridized carbons (Fsp3) is 0.250. The highest BCUT2D eigenvalue weighted by Gasteiger charge is 2.32. The van der Waals surface area contributed by atoms with Gasteiger partial charge in [-0.3, -0.25) is 9.71 Å². The zero-order valence-electron chi connectivity index (χ0n) is 14.4. The molecule has 0 aliphatic carbocycles. The second kappa shape index (κ2) is 7.23. The van der Waals surface area contributed by atoms with Gasteiger partial charge in [0.1, 0.15) is 10.7 Å². The summed E-state index contributed by atoms with van der Waals surface area (Å²) in [4.78, 5) is 4.93. The lowest BCUT2D eigenvalue weighted by Crippen LogP contribution is -2.25. The van der Waals surface area contributed by atoms with Gasteiger partial charge < -0.3 is 0 Å². The number of benzene rings is 2. The molecule has 130 valence electrons. The van der Waals surface area contributed by atoms with E-state index in [1.165, 1.54) is 5.56 Å². The van der Waals surface area contributed by atoms with E-state index in [0.717, 1.165) is 12.8 Å². The van der Waals surface area contributed by atoms with Crippen LogP contribution >= 0.6 is 0 Å². The molecule has 0 fully saturated rings. The highest BCUT2D eigenvalue weighted by Crippen LogP contribution is 2.29. The summed E-state index contributed by atoms with van der Waals surface area (Å²) in [6.45, 7) is 3.82. The number of amidine groups is 1. The lowest BCUT2D eigenvalue weighted by atomic mass is 10.1. The van der Waals surface area contributed by atoms with E-state index >= 15 is 0 Å². The molecule has 1 heterocycles. The lowest BCUT2D eigenvalue weighted by Gasteiger charge is -2.08. The van der Waals surface area contributed by atoms with Crippen LogP contribution in [0.15, 0.2) is 71.2 Å². The molecule has 2 aromatic carbocycles. The van der Waals surface area contributed by atoms with E-state index in [-0.39, 0.29) is 6.04 Å². The molecule has 1 N–H and O–H groups in total. The largest absolute Gasteiger partial charge is 0.264 e. The van der Waals surface area contributed by atoms with Crippen LogP contribution < -0.4 is 4.72 Å². The molecule has 2 aromatic rings. The summed E-state index contributed by atoms with van der Waals surface area (Å²) >= 11 is 0. The predicted molar refractivity (Wildman–Crippen MR) is 103 cm³/mol. The van der Waals surface area contributed by atoms with Crippen molar-refractivity contribution in [1.29, 1.82) is 0 Å². The minimum absolute atomic E-state index is 0.0305. The highest BCUT2D eigenvalue weighted by atomic mass is 32.2. The third-order valence-corrected chi connectivity index (χ3v) is 5.82. The Hall–Kier alpha value is -2.40. The number of hydrogen-bond donors (Lipinski definition) is 1. The van der Waals surface area contributed by atoms with E-state index in [2.05, 4.69) is 21.8 Å². The average molecular weight is 354 g/mol. The number of nitrogens with one attached hydrogen (secondary N) is 1. The summed E-state index contributed by atoms with van der Waals surface area (Å²) in [5.74, 6) is 0.458. The molecule has 0 spiro atoms. The Morgan fingerprint density at radius 1 is 1.00 bits per heavy atom. The monoisotopic (exact) mass is 354 g/mol. The zero-order valence-corrected chi connectivity index (χ0v) is 15.3. The first-order chi connectivity index (χ1) is 12.0. The van der Waals surface area contributed by atoms with Gasteiger partial charge in [0.05, 0.1) is 0 Å². The van der Waals surface area contributed by atoms with Gasteiger partial charge in [-0.25, -0.2) is 8.42 Å². The normalized spacial score (nSPS) is 19.0. The first-order valence-electron chi connectivity index (χ1n) is 8.38. The number of sulfonamides is 1. The molecule has 0 saturated heterocycles. The first-order valence-corrected chi connectivity index (χ1v) is 9.87. The van der Waals surface area contributed by atoms with Crippen molar-refractivity contribution in [3.63, 3.8) is 0 Å². The summed E-state index contributed by atoms with van der Waals surface area (Å²) < 4.78 is 27.6. The van der Waals surface area contributed by atoms with E-state index < -0.39 is 10.0 Å². The molecule has 25 heavy (non-hydrogen) atoms. The second-order valence-electron chi connectivity index (χ2n) is 6.28. The maximum absolute atomic E-state index is 12.5. The summed E-state index contributed by atoms with van der Waals surface area (Å²) in [5, 5.41) is 0. The van der Waals surface area contributed by atoms with Gasteiger partial charge in [0.25, 0.3) is 10.0 Å². The number of nitrogens with zero attached hydrogens (tertiary/aromatic N) is 1. The summed E-state index contributed by atoms with van der Waals surface area (Å²) in [6.07, 6.45) is 1.78. The van der Waals surface area contributed by atoms with Crippen molar-refractivity contribution in [2.75, 3.05) is 0 Å². The van der Waals surface area contributed by atoms with E-state index in [4.69, 9.17) is 0 Å². The number of hydrogen-bond acceptors (Lipinski definition) is 3. The van der Waals surface area contributed by atoms with Crippen LogP contribution in [0.3, 0.4) is 0 Å². The van der Waals surface area contributed by atoms with Crippen molar-refractivity contribution in [3.8, 4) is 0 Å². The molecule has 0 aromatic heterocycles. The van der Waals surface area contributed by atoms with Crippen LogP contribution in [0.5, 0.6) is 0 Å². The van der Waals surface area contributed by atoms with E-state index in [1.807, 2.05) is 50.2 Å². The van der Waals surface area contributed by atoms with Crippen LogP contribution in [0.25, 0.3) is 4.91 Å². The average Bonchev–Trinajstić information content (AvgIpc) is 2.83. The topological polar surface area (TPSA) is 58.5 Å². The third kappa shape index (κ3) is 3.99. The SMILES string of the molecule is CC1=C(c2ccccc2)S(=O)(=O)NC1=N[C@H](C)CCc1ccccc1. The van der Waals surface area contributed by atoms with Gasteiger partial charge in [0.15, 0.2) is 0 Å². The smallest absolute Gasteiger partial charge is 0.264 e. The van der Waals surface area contributed by atoms with Gasteiger partial charge in [0.2, 0.25) is 0 Å². The van der Waals surface area contributed by atoms with Crippen LogP contribution in [0.1, 0.15) is 31.4 Å². The summed E-state index contributed by atoms with van der Waals surface area (Å²) in [5.41, 5.74) is 2.63. The fourth-order valence-corrected chi connectivity index (χ4v) is 4.46. The van der Waals surface area contributed by atoms with Gasteiger partial charge in [-0.15, -0.1) is 0 Å². The van der Waals surface area contributed by atoms with E-state index in [1.54, 1.807) is 12.1 Å². The van der Waals surface area contributed by atoms with Crippen molar-refractivity contribution >= 4 is 20.8 Å². The number of rotatable bonds is 5. The summed E-state index contributed by atoms with van der Waals surface area (Å²) in [6, 6.07) is 19.4. The first kappa shape index (κ1) is 17.4. The molecular formula is C20H22N2O2S. The Labute approximate surface area is 149 Å². The van der Waals surface area contributed by atoms with Gasteiger partial charge >= 0.3 is 0 Å². The zero-order chi connectivity index (χ0) is 17.9. The van der Waals surface area contributed by atoms with Crippen molar-refractivity contribution in [1.82, 2.24) is 4.72 Å². The molecule has 0 saturated carbocycles. The Kier molecular flexibility index (Phi) is 5.04. The molecule has 0 radical (unpaired) electrons. The van der Waals surface area contributed by atoms with Crippen LogP contribution in [0.4, 0.5) is 0 Å². The Morgan fingerprint density at radius 3 is 2.24 bits per heavy atom. The molecular weight excluding hydrogens is 332 g/mol. The molecule has 1 aliphatic rings. The van der Waals surface area contributed by atoms with Crippen LogP contribution in [0.2, 0.25) is 0 Å². The molecule has 0 bridgehead atoms. The number of aliphatic imine (C=N–C) groups is 1. The van der Waals surface area contributed by atoms with E-state index in [0.29, 0.717) is 21.9 Å². The minimum Gasteiger partial charge on any atom is -0.264 e. The van der Waals surface area contributed by atoms with Crippen molar-refractivity contribution in [2.24, 2.45) is 4.99 Å². The Balaban J connectivity index is 1.80. The standard InChI is InChI=1S/C20H22N2O2S/c1-15(13-14-17-9-5-3-6-10-17)21-20-16(2)19(25(23,24)22-20)18-11-7-4-8-12-18/h3-12,15H,13-14H2,1-2H3,(H,21,22)/t15-/m1/s1. The number of aryl methyl sites for hydroxylation is 1. The van der Waals surface area contributed by atoms with Crippen molar-refractivity contribution in [3.05, 3.63) is 77.4 Å². The highest BCUT2D eigenvalue weighted by molar-refractivity contribution is 8.00. The molecule has 4 nitrogen and oxygen atoms in total.